The van der Waals surface area contributed by atoms with Crippen molar-refractivity contribution in [3.05, 3.63) is 52.6 Å². The van der Waals surface area contributed by atoms with Crippen LogP contribution in [0.25, 0.3) is 10.9 Å². The van der Waals surface area contributed by atoms with Crippen molar-refractivity contribution in [3.8, 4) is 17.6 Å². The molecule has 1 aliphatic rings. The number of nitrogens with zero attached hydrogens (tertiary/aromatic N) is 3. The minimum Gasteiger partial charge on any atom is -0.497 e. The van der Waals surface area contributed by atoms with Crippen molar-refractivity contribution >= 4 is 28.2 Å². The fourth-order valence-corrected chi connectivity index (χ4v) is 4.93. The molecule has 2 aromatic heterocycles. The van der Waals surface area contributed by atoms with Crippen molar-refractivity contribution in [2.24, 2.45) is 11.8 Å². The molecule has 4 rings (SSSR count). The number of piperidine rings is 1. The van der Waals surface area contributed by atoms with Crippen molar-refractivity contribution < 1.29 is 19.7 Å². The lowest BCUT2D eigenvalue weighted by Crippen LogP contribution is -2.44. The third-order valence-electron chi connectivity index (χ3n) is 6.26. The van der Waals surface area contributed by atoms with Crippen molar-refractivity contribution in [2.45, 2.75) is 25.4 Å². The number of aliphatic carboxylic acids is 1. The Morgan fingerprint density at radius 2 is 2.24 bits per heavy atom. The molecule has 0 aliphatic carbocycles. The Morgan fingerprint density at radius 3 is 3.00 bits per heavy atom. The number of aromatic nitrogens is 2. The highest BCUT2D eigenvalue weighted by molar-refractivity contribution is 7.07. The third-order valence-corrected chi connectivity index (χ3v) is 6.85. The van der Waals surface area contributed by atoms with Crippen molar-refractivity contribution in [3.63, 3.8) is 0 Å². The van der Waals surface area contributed by atoms with Gasteiger partial charge in [-0.3, -0.25) is 14.7 Å². The Bertz CT molecular complexity index is 1160. The molecule has 0 bridgehead atoms. The maximum Gasteiger partial charge on any atom is 0.308 e. The fourth-order valence-electron chi connectivity index (χ4n) is 4.44. The predicted octanol–water partition coefficient (Wildman–Crippen LogP) is 3.59. The van der Waals surface area contributed by atoms with E-state index in [4.69, 9.17) is 4.74 Å². The number of carboxylic acid groups (broad SMARTS) is 1. The molecule has 0 spiro atoms. The Labute approximate surface area is 197 Å². The first kappa shape index (κ1) is 23.2. The molecule has 1 unspecified atom stereocenters. The molecule has 0 saturated carbocycles. The van der Waals surface area contributed by atoms with E-state index in [2.05, 4.69) is 26.7 Å². The summed E-state index contributed by atoms with van der Waals surface area (Å²) in [5.41, 5.74) is 4.08. The van der Waals surface area contributed by atoms with Gasteiger partial charge in [0.25, 0.3) is 0 Å². The van der Waals surface area contributed by atoms with Gasteiger partial charge in [0, 0.05) is 23.5 Å². The van der Waals surface area contributed by atoms with E-state index in [1.165, 1.54) is 11.3 Å². The molecule has 0 amide bonds. The lowest BCUT2D eigenvalue weighted by Gasteiger charge is -2.36. The van der Waals surface area contributed by atoms with E-state index in [-0.39, 0.29) is 5.92 Å². The Kier molecular flexibility index (Phi) is 7.55. The summed E-state index contributed by atoms with van der Waals surface area (Å²) in [6.07, 6.45) is 2.91. The minimum atomic E-state index is -0.786. The first-order chi connectivity index (χ1) is 16.0. The number of fused-ring (bicyclic) bond motifs is 1. The van der Waals surface area contributed by atoms with E-state index in [1.807, 2.05) is 29.6 Å². The molecule has 2 N–H and O–H groups in total. The van der Waals surface area contributed by atoms with E-state index in [0.717, 1.165) is 35.1 Å². The normalized spacial score (nSPS) is 19.6. The summed E-state index contributed by atoms with van der Waals surface area (Å²) < 4.78 is 5.32. The molecular formula is C25H27N3O4S. The van der Waals surface area contributed by atoms with Gasteiger partial charge < -0.3 is 14.9 Å². The van der Waals surface area contributed by atoms with Gasteiger partial charge in [-0.2, -0.15) is 0 Å². The van der Waals surface area contributed by atoms with Crippen molar-refractivity contribution in [1.29, 1.82) is 0 Å². The van der Waals surface area contributed by atoms with Crippen LogP contribution in [0.15, 0.2) is 41.4 Å². The Morgan fingerprint density at radius 1 is 1.36 bits per heavy atom. The van der Waals surface area contributed by atoms with Crippen molar-refractivity contribution in [2.75, 3.05) is 26.7 Å². The summed E-state index contributed by atoms with van der Waals surface area (Å²) in [6, 6.07) is 7.42. The predicted molar refractivity (Wildman–Crippen MR) is 127 cm³/mol. The molecule has 3 atom stereocenters. The second-order valence-electron chi connectivity index (χ2n) is 8.28. The highest BCUT2D eigenvalue weighted by atomic mass is 32.1. The molecule has 0 radical (unpaired) electrons. The SMILES string of the molecule is COc1ccc2nccc(C(O)CC[C@@H]3CCN(CC#Cc4cscn4)C[C@@H]3C(=O)O)c2c1. The summed E-state index contributed by atoms with van der Waals surface area (Å²) in [4.78, 5) is 22.6. The highest BCUT2D eigenvalue weighted by Crippen LogP contribution is 2.33. The van der Waals surface area contributed by atoms with Gasteiger partial charge in [-0.25, -0.2) is 4.98 Å². The average molecular weight is 466 g/mol. The van der Waals surface area contributed by atoms with E-state index in [9.17, 15) is 15.0 Å². The fraction of sp³-hybridized carbons (Fsp3) is 0.400. The molecule has 3 heterocycles. The second-order valence-corrected chi connectivity index (χ2v) is 9.00. The minimum absolute atomic E-state index is 0.0162. The summed E-state index contributed by atoms with van der Waals surface area (Å²) in [7, 11) is 1.61. The summed E-state index contributed by atoms with van der Waals surface area (Å²) in [5, 5.41) is 23.5. The molecule has 1 aromatic carbocycles. The molecule has 1 aliphatic heterocycles. The number of hydrogen-bond acceptors (Lipinski definition) is 7. The van der Waals surface area contributed by atoms with Crippen LogP contribution in [0.2, 0.25) is 0 Å². The number of aliphatic hydroxyl groups is 1. The van der Waals surface area contributed by atoms with Gasteiger partial charge in [0.05, 0.1) is 36.7 Å². The number of aliphatic hydroxyl groups excluding tert-OH is 1. The first-order valence-corrected chi connectivity index (χ1v) is 11.9. The van der Waals surface area contributed by atoms with Gasteiger partial charge in [-0.15, -0.1) is 11.3 Å². The van der Waals surface area contributed by atoms with Gasteiger partial charge in [-0.05, 0) is 67.5 Å². The van der Waals surface area contributed by atoms with Crippen LogP contribution in [-0.2, 0) is 4.79 Å². The zero-order valence-corrected chi connectivity index (χ0v) is 19.3. The molecular weight excluding hydrogens is 438 g/mol. The molecule has 33 heavy (non-hydrogen) atoms. The number of thiazole rings is 1. The maximum atomic E-state index is 12.0. The van der Waals surface area contributed by atoms with Crippen LogP contribution in [0.4, 0.5) is 0 Å². The number of carboxylic acids is 1. The molecule has 1 fully saturated rings. The Balaban J connectivity index is 1.38. The van der Waals surface area contributed by atoms with Gasteiger partial charge >= 0.3 is 5.97 Å². The molecule has 3 aromatic rings. The molecule has 172 valence electrons. The Hall–Kier alpha value is -2.99. The zero-order chi connectivity index (χ0) is 23.2. The van der Waals surface area contributed by atoms with Gasteiger partial charge in [0.1, 0.15) is 11.4 Å². The lowest BCUT2D eigenvalue weighted by molar-refractivity contribution is -0.146. The number of hydrogen-bond donors (Lipinski definition) is 2. The maximum absolute atomic E-state index is 12.0. The standard InChI is InChI=1S/C25H27N3O4S/c1-32-19-5-6-23-21(13-19)20(8-10-26-23)24(29)7-4-17-9-12-28(14-22(17)25(30)31)11-2-3-18-15-33-16-27-18/h5-6,8,10,13,15-17,22,24,29H,4,7,9,11-12,14H2,1H3,(H,30,31)/t17-,22+,24?/m1/s1. The zero-order valence-electron chi connectivity index (χ0n) is 18.5. The lowest BCUT2D eigenvalue weighted by atomic mass is 9.81. The van der Waals surface area contributed by atoms with E-state index < -0.39 is 18.0 Å². The number of methoxy groups -OCH3 is 1. The van der Waals surface area contributed by atoms with Gasteiger partial charge in [-0.1, -0.05) is 5.92 Å². The van der Waals surface area contributed by atoms with Crippen molar-refractivity contribution in [1.82, 2.24) is 14.9 Å². The van der Waals surface area contributed by atoms with Crippen LogP contribution in [0.5, 0.6) is 5.75 Å². The van der Waals surface area contributed by atoms with Gasteiger partial charge in [0.2, 0.25) is 0 Å². The number of carbonyl (C=O) groups is 1. The summed E-state index contributed by atoms with van der Waals surface area (Å²) >= 11 is 1.50. The number of ether oxygens (including phenoxy) is 1. The number of pyridine rings is 1. The van der Waals surface area contributed by atoms with Crippen LogP contribution in [-0.4, -0.2) is 57.8 Å². The second kappa shape index (κ2) is 10.8. The van der Waals surface area contributed by atoms with Crippen LogP contribution >= 0.6 is 11.3 Å². The largest absolute Gasteiger partial charge is 0.497 e. The quantitative estimate of drug-likeness (QED) is 0.515. The van der Waals surface area contributed by atoms with Crippen LogP contribution < -0.4 is 4.74 Å². The topological polar surface area (TPSA) is 95.8 Å². The summed E-state index contributed by atoms with van der Waals surface area (Å²) in [5.74, 6) is 5.59. The highest BCUT2D eigenvalue weighted by Gasteiger charge is 2.34. The first-order valence-electron chi connectivity index (χ1n) is 11.0. The monoisotopic (exact) mass is 465 g/mol. The summed E-state index contributed by atoms with van der Waals surface area (Å²) in [6.45, 7) is 1.80. The van der Waals surface area contributed by atoms with Crippen LogP contribution in [0, 0.1) is 23.7 Å². The number of rotatable bonds is 7. The number of likely N-dealkylation sites (tertiary alicyclic amines) is 1. The molecule has 7 nitrogen and oxygen atoms in total. The van der Waals surface area contributed by atoms with E-state index in [0.29, 0.717) is 31.7 Å². The van der Waals surface area contributed by atoms with E-state index in [1.54, 1.807) is 18.8 Å². The van der Waals surface area contributed by atoms with Crippen LogP contribution in [0.3, 0.4) is 0 Å². The average Bonchev–Trinajstić information content (AvgIpc) is 3.35. The molecule has 8 heteroatoms. The van der Waals surface area contributed by atoms with Crippen LogP contribution in [0.1, 0.15) is 36.6 Å². The smallest absolute Gasteiger partial charge is 0.308 e. The van der Waals surface area contributed by atoms with Gasteiger partial charge in [0.15, 0.2) is 0 Å². The van der Waals surface area contributed by atoms with E-state index >= 15 is 0 Å². The third kappa shape index (κ3) is 5.69. The number of benzene rings is 1. The molecule has 1 saturated heterocycles.